The summed E-state index contributed by atoms with van der Waals surface area (Å²) in [6.45, 7) is 1.88. The Morgan fingerprint density at radius 1 is 1.11 bits per heavy atom. The Kier molecular flexibility index (Phi) is 7.28. The minimum Gasteiger partial charge on any atom is -0.353 e. The fourth-order valence-corrected chi connectivity index (χ4v) is 2.47. The minimum absolute atomic E-state index is 0.0309. The largest absolute Gasteiger partial charge is 0.416 e. The Morgan fingerprint density at radius 3 is 2.39 bits per heavy atom. The first-order valence-corrected chi connectivity index (χ1v) is 8.89. The zero-order chi connectivity index (χ0) is 20.7. The molecule has 2 aromatic rings. The zero-order valence-corrected chi connectivity index (χ0v) is 15.8. The first-order chi connectivity index (χ1) is 13.2. The molecule has 5 nitrogen and oxygen atoms in total. The molecule has 3 amide bonds. The lowest BCUT2D eigenvalue weighted by Gasteiger charge is -2.24. The van der Waals surface area contributed by atoms with E-state index in [-0.39, 0.29) is 24.7 Å². The van der Waals surface area contributed by atoms with E-state index in [4.69, 9.17) is 11.6 Å². The lowest BCUT2D eigenvalue weighted by atomic mass is 10.2. The molecule has 0 aliphatic carbocycles. The van der Waals surface area contributed by atoms with Gasteiger partial charge in [-0.05, 0) is 37.3 Å². The summed E-state index contributed by atoms with van der Waals surface area (Å²) in [4.78, 5) is 25.1. The van der Waals surface area contributed by atoms with E-state index in [1.807, 2.05) is 6.92 Å². The number of anilines is 2. The molecule has 0 aromatic heterocycles. The van der Waals surface area contributed by atoms with E-state index in [0.717, 1.165) is 22.6 Å². The summed E-state index contributed by atoms with van der Waals surface area (Å²) in [6, 6.07) is 10.8. The van der Waals surface area contributed by atoms with E-state index in [1.54, 1.807) is 24.3 Å². The van der Waals surface area contributed by atoms with Gasteiger partial charge in [0.25, 0.3) is 0 Å². The van der Waals surface area contributed by atoms with Crippen molar-refractivity contribution in [3.05, 3.63) is 59.7 Å². The van der Waals surface area contributed by atoms with E-state index >= 15 is 0 Å². The monoisotopic (exact) mass is 413 g/mol. The summed E-state index contributed by atoms with van der Waals surface area (Å²) in [5, 5.41) is 5.13. The average molecular weight is 414 g/mol. The van der Waals surface area contributed by atoms with Gasteiger partial charge < -0.3 is 10.6 Å². The van der Waals surface area contributed by atoms with Crippen LogP contribution in [0.2, 0.25) is 0 Å². The van der Waals surface area contributed by atoms with Crippen molar-refractivity contribution in [2.45, 2.75) is 13.1 Å². The number of amides is 3. The predicted molar refractivity (Wildman–Crippen MR) is 103 cm³/mol. The van der Waals surface area contributed by atoms with Gasteiger partial charge in [-0.2, -0.15) is 13.2 Å². The molecule has 0 atom stereocenters. The maximum atomic E-state index is 13.0. The number of aryl methyl sites for hydroxylation is 1. The van der Waals surface area contributed by atoms with Crippen molar-refractivity contribution in [1.29, 1.82) is 0 Å². The summed E-state index contributed by atoms with van der Waals surface area (Å²) >= 11 is 5.41. The number of urea groups is 1. The second kappa shape index (κ2) is 9.45. The van der Waals surface area contributed by atoms with Crippen LogP contribution in [0, 0.1) is 6.92 Å². The zero-order valence-electron chi connectivity index (χ0n) is 15.0. The molecule has 0 bridgehead atoms. The SMILES string of the molecule is Cc1ccc(NC(=O)N(CCNC(=O)CCl)c2cccc(C(F)(F)F)c2)cc1. The summed E-state index contributed by atoms with van der Waals surface area (Å²) in [5.74, 6) is -0.691. The average Bonchev–Trinajstić information content (AvgIpc) is 2.66. The van der Waals surface area contributed by atoms with E-state index in [1.165, 1.54) is 12.1 Å². The van der Waals surface area contributed by atoms with Crippen molar-refractivity contribution in [1.82, 2.24) is 5.32 Å². The van der Waals surface area contributed by atoms with Crippen LogP contribution in [0.25, 0.3) is 0 Å². The second-order valence-electron chi connectivity index (χ2n) is 5.98. The number of carbonyl (C=O) groups is 2. The smallest absolute Gasteiger partial charge is 0.353 e. The molecule has 0 spiro atoms. The summed E-state index contributed by atoms with van der Waals surface area (Å²) < 4.78 is 39.1. The van der Waals surface area contributed by atoms with Crippen LogP contribution in [-0.4, -0.2) is 30.9 Å². The maximum Gasteiger partial charge on any atom is 0.416 e. The number of carbonyl (C=O) groups excluding carboxylic acids is 2. The molecule has 0 aliphatic rings. The van der Waals surface area contributed by atoms with Crippen LogP contribution in [0.15, 0.2) is 48.5 Å². The van der Waals surface area contributed by atoms with Crippen molar-refractivity contribution >= 4 is 34.9 Å². The van der Waals surface area contributed by atoms with Crippen molar-refractivity contribution in [3.63, 3.8) is 0 Å². The Morgan fingerprint density at radius 2 is 1.79 bits per heavy atom. The van der Waals surface area contributed by atoms with E-state index in [0.29, 0.717) is 5.69 Å². The topological polar surface area (TPSA) is 61.4 Å². The number of nitrogens with zero attached hydrogens (tertiary/aromatic N) is 1. The van der Waals surface area contributed by atoms with Gasteiger partial charge in [0.05, 0.1) is 5.56 Å². The molecule has 150 valence electrons. The van der Waals surface area contributed by atoms with Crippen molar-refractivity contribution in [3.8, 4) is 0 Å². The molecule has 0 fully saturated rings. The van der Waals surface area contributed by atoms with Gasteiger partial charge >= 0.3 is 12.2 Å². The van der Waals surface area contributed by atoms with Gasteiger partial charge in [-0.25, -0.2) is 4.79 Å². The van der Waals surface area contributed by atoms with Crippen molar-refractivity contribution in [2.75, 3.05) is 29.2 Å². The number of hydrogen-bond acceptors (Lipinski definition) is 2. The molecule has 0 saturated carbocycles. The Bertz CT molecular complexity index is 826. The fraction of sp³-hybridized carbons (Fsp3) is 0.263. The number of halogens is 4. The third-order valence-electron chi connectivity index (χ3n) is 3.81. The van der Waals surface area contributed by atoms with Gasteiger partial charge in [0.2, 0.25) is 5.91 Å². The van der Waals surface area contributed by atoms with Gasteiger partial charge in [-0.15, -0.1) is 11.6 Å². The first kappa shape index (κ1) is 21.6. The molecule has 2 N–H and O–H groups in total. The molecule has 0 heterocycles. The normalized spacial score (nSPS) is 11.0. The van der Waals surface area contributed by atoms with Crippen LogP contribution in [0.5, 0.6) is 0 Å². The van der Waals surface area contributed by atoms with E-state index in [2.05, 4.69) is 10.6 Å². The number of nitrogens with one attached hydrogen (secondary N) is 2. The van der Waals surface area contributed by atoms with E-state index < -0.39 is 23.7 Å². The summed E-state index contributed by atoms with van der Waals surface area (Å²) in [5.41, 5.74) is 0.677. The van der Waals surface area contributed by atoms with Gasteiger partial charge in [0.1, 0.15) is 5.88 Å². The Labute approximate surface area is 165 Å². The number of benzene rings is 2. The van der Waals surface area contributed by atoms with Crippen molar-refractivity contribution < 1.29 is 22.8 Å². The van der Waals surface area contributed by atoms with Crippen LogP contribution in [0.1, 0.15) is 11.1 Å². The molecule has 9 heteroatoms. The molecule has 28 heavy (non-hydrogen) atoms. The van der Waals surface area contributed by atoms with Gasteiger partial charge in [0, 0.05) is 24.5 Å². The molecular formula is C19H19ClF3N3O2. The van der Waals surface area contributed by atoms with E-state index in [9.17, 15) is 22.8 Å². The summed E-state index contributed by atoms with van der Waals surface area (Å²) in [7, 11) is 0. The van der Waals surface area contributed by atoms with Crippen LogP contribution >= 0.6 is 11.6 Å². The highest BCUT2D eigenvalue weighted by atomic mass is 35.5. The summed E-state index contributed by atoms with van der Waals surface area (Å²) in [6.07, 6.45) is -4.54. The van der Waals surface area contributed by atoms with Gasteiger partial charge in [0.15, 0.2) is 0 Å². The predicted octanol–water partition coefficient (Wildman–Crippen LogP) is 4.41. The Balaban J connectivity index is 2.24. The van der Waals surface area contributed by atoms with Crippen molar-refractivity contribution in [2.24, 2.45) is 0 Å². The highest BCUT2D eigenvalue weighted by Crippen LogP contribution is 2.31. The fourth-order valence-electron chi connectivity index (χ4n) is 2.38. The van der Waals surface area contributed by atoms with Crippen LogP contribution in [-0.2, 0) is 11.0 Å². The molecule has 0 unspecified atom stereocenters. The Hall–Kier alpha value is -2.74. The molecule has 2 aromatic carbocycles. The molecule has 2 rings (SSSR count). The standard InChI is InChI=1S/C19H19ClF3N3O2/c1-13-5-7-15(8-6-13)25-18(28)26(10-9-24-17(27)12-20)16-4-2-3-14(11-16)19(21,22)23/h2-8,11H,9-10,12H2,1H3,(H,24,27)(H,25,28). The minimum atomic E-state index is -4.54. The maximum absolute atomic E-state index is 13.0. The third kappa shape index (κ3) is 6.16. The third-order valence-corrected chi connectivity index (χ3v) is 4.05. The number of rotatable bonds is 6. The first-order valence-electron chi connectivity index (χ1n) is 8.36. The lowest BCUT2D eigenvalue weighted by Crippen LogP contribution is -2.41. The second-order valence-corrected chi connectivity index (χ2v) is 6.25. The van der Waals surface area contributed by atoms with Crippen LogP contribution < -0.4 is 15.5 Å². The van der Waals surface area contributed by atoms with Crippen LogP contribution in [0.3, 0.4) is 0 Å². The quantitative estimate of drug-likeness (QED) is 0.689. The molecule has 0 radical (unpaired) electrons. The highest BCUT2D eigenvalue weighted by Gasteiger charge is 2.31. The lowest BCUT2D eigenvalue weighted by molar-refractivity contribution is -0.137. The molecular weight excluding hydrogens is 395 g/mol. The number of hydrogen-bond donors (Lipinski definition) is 2. The highest BCUT2D eigenvalue weighted by molar-refractivity contribution is 6.27. The molecule has 0 aliphatic heterocycles. The van der Waals surface area contributed by atoms with Gasteiger partial charge in [-0.1, -0.05) is 23.8 Å². The van der Waals surface area contributed by atoms with Gasteiger partial charge in [-0.3, -0.25) is 9.69 Å². The number of alkyl halides is 4. The molecule has 0 saturated heterocycles. The van der Waals surface area contributed by atoms with Crippen LogP contribution in [0.4, 0.5) is 29.3 Å².